The molecule has 1 aliphatic rings. The van der Waals surface area contributed by atoms with Gasteiger partial charge in [0.1, 0.15) is 5.82 Å². The van der Waals surface area contributed by atoms with Crippen LogP contribution in [0.25, 0.3) is 0 Å². The van der Waals surface area contributed by atoms with Gasteiger partial charge in [0.15, 0.2) is 9.84 Å². The number of nitrogens with zero attached hydrogens (tertiary/aromatic N) is 2. The number of nitrogens with two attached hydrogens (primary N) is 1. The van der Waals surface area contributed by atoms with E-state index < -0.39 is 58.0 Å². The van der Waals surface area contributed by atoms with Crippen LogP contribution >= 0.6 is 0 Å². The van der Waals surface area contributed by atoms with Gasteiger partial charge < -0.3 is 30.9 Å². The number of likely N-dealkylation sites (tertiary alicyclic amines) is 1. The quantitative estimate of drug-likeness (QED) is 0.354. The second-order valence-electron chi connectivity index (χ2n) is 9.57. The third-order valence-electron chi connectivity index (χ3n) is 6.69. The Balaban J connectivity index is 2.06. The number of primary amides is 1. The maximum atomic E-state index is 14.4. The van der Waals surface area contributed by atoms with E-state index in [-0.39, 0.29) is 52.7 Å². The first-order chi connectivity index (χ1) is 19.3. The maximum absolute atomic E-state index is 14.4. The number of benzene rings is 2. The fourth-order valence-corrected chi connectivity index (χ4v) is 5.70. The molecule has 0 unspecified atom stereocenters. The summed E-state index contributed by atoms with van der Waals surface area (Å²) in [5.41, 5.74) is 5.59. The first kappa shape index (κ1) is 31.3. The minimum Gasteiger partial charge on any atom is -0.466 e. The van der Waals surface area contributed by atoms with E-state index >= 15 is 0 Å². The Bertz CT molecular complexity index is 1450. The molecule has 0 bridgehead atoms. The van der Waals surface area contributed by atoms with Crippen molar-refractivity contribution >= 4 is 45.0 Å². The topological polar surface area (TPSA) is 168 Å². The smallest absolute Gasteiger partial charge is 0.321 e. The van der Waals surface area contributed by atoms with Gasteiger partial charge in [-0.2, -0.15) is 0 Å². The van der Waals surface area contributed by atoms with Gasteiger partial charge in [0.25, 0.3) is 0 Å². The first-order valence-electron chi connectivity index (χ1n) is 12.9. The molecule has 222 valence electrons. The maximum Gasteiger partial charge on any atom is 0.321 e. The number of nitrogens with one attached hydrogen (secondary N) is 2. The van der Waals surface area contributed by atoms with E-state index in [0.717, 1.165) is 6.07 Å². The third kappa shape index (κ3) is 7.12. The highest BCUT2D eigenvalue weighted by molar-refractivity contribution is 7.91. The highest BCUT2D eigenvalue weighted by Gasteiger charge is 2.44. The Morgan fingerprint density at radius 2 is 1.83 bits per heavy atom. The van der Waals surface area contributed by atoms with Gasteiger partial charge in [-0.05, 0) is 55.3 Å². The molecule has 4 amide bonds. The van der Waals surface area contributed by atoms with Gasteiger partial charge in [-0.3, -0.25) is 14.4 Å². The van der Waals surface area contributed by atoms with Gasteiger partial charge in [0.2, 0.25) is 11.8 Å². The van der Waals surface area contributed by atoms with Gasteiger partial charge in [-0.15, -0.1) is 0 Å². The zero-order valence-electron chi connectivity index (χ0n) is 23.3. The lowest BCUT2D eigenvalue weighted by Gasteiger charge is -2.30. The van der Waals surface area contributed by atoms with Crippen LogP contribution in [0.15, 0.2) is 41.3 Å². The van der Waals surface area contributed by atoms with Crippen LogP contribution in [0.5, 0.6) is 0 Å². The largest absolute Gasteiger partial charge is 0.466 e. The standard InChI is InChI=1S/C27H34FN5O7S/c1-5-40-26(36)18-11-12-33(23(34)15-30-21-13-16(25(29)35)7-9-20(21)28)24(18)19-14-17(31-27(37)32(3)4)8-10-22(19)41(38,39)6-2/h7-10,13-14,18,24,30H,5-6,11-12,15H2,1-4H3,(H2,29,35)(H,31,37)/t18-,24+/m0/s1. The van der Waals surface area contributed by atoms with E-state index in [1.807, 2.05) is 0 Å². The monoisotopic (exact) mass is 591 g/mol. The Kier molecular flexibility index (Phi) is 9.92. The van der Waals surface area contributed by atoms with Crippen molar-refractivity contribution in [1.82, 2.24) is 9.80 Å². The molecule has 1 heterocycles. The molecule has 1 aliphatic heterocycles. The highest BCUT2D eigenvalue weighted by atomic mass is 32.2. The molecule has 0 aliphatic carbocycles. The first-order valence-corrected chi connectivity index (χ1v) is 14.6. The predicted octanol–water partition coefficient (Wildman–Crippen LogP) is 2.38. The average molecular weight is 592 g/mol. The van der Waals surface area contributed by atoms with Crippen molar-refractivity contribution in [2.24, 2.45) is 11.7 Å². The molecule has 2 aromatic rings. The van der Waals surface area contributed by atoms with Gasteiger partial charge in [-0.1, -0.05) is 6.92 Å². The van der Waals surface area contributed by atoms with Crippen molar-refractivity contribution < 1.29 is 36.7 Å². The average Bonchev–Trinajstić information content (AvgIpc) is 3.37. The molecule has 4 N–H and O–H groups in total. The molecule has 3 rings (SSSR count). The van der Waals surface area contributed by atoms with E-state index in [1.165, 1.54) is 61.2 Å². The number of halogens is 1. The van der Waals surface area contributed by atoms with Crippen LogP contribution in [-0.2, 0) is 24.2 Å². The summed E-state index contributed by atoms with van der Waals surface area (Å²) in [6, 6.07) is 6.12. The zero-order valence-corrected chi connectivity index (χ0v) is 24.1. The van der Waals surface area contributed by atoms with Crippen LogP contribution in [0, 0.1) is 11.7 Å². The summed E-state index contributed by atoms with van der Waals surface area (Å²) in [7, 11) is -0.760. The Morgan fingerprint density at radius 1 is 1.12 bits per heavy atom. The number of rotatable bonds is 10. The minimum atomic E-state index is -3.83. The molecule has 12 nitrogen and oxygen atoms in total. The van der Waals surface area contributed by atoms with Crippen molar-refractivity contribution in [1.29, 1.82) is 0 Å². The molecule has 14 heteroatoms. The van der Waals surface area contributed by atoms with Gasteiger partial charge >= 0.3 is 12.0 Å². The van der Waals surface area contributed by atoms with E-state index in [9.17, 15) is 32.0 Å². The van der Waals surface area contributed by atoms with Crippen LogP contribution in [0.2, 0.25) is 0 Å². The van der Waals surface area contributed by atoms with Gasteiger partial charge in [-0.25, -0.2) is 17.6 Å². The summed E-state index contributed by atoms with van der Waals surface area (Å²) < 4.78 is 45.9. The molecule has 1 fully saturated rings. The minimum absolute atomic E-state index is 0.0359. The summed E-state index contributed by atoms with van der Waals surface area (Å²) in [5.74, 6) is -3.81. The van der Waals surface area contributed by atoms with Crippen molar-refractivity contribution in [3.8, 4) is 0 Å². The number of ether oxygens (including phenoxy) is 1. The van der Waals surface area contributed by atoms with E-state index in [4.69, 9.17) is 10.5 Å². The number of anilines is 2. The van der Waals surface area contributed by atoms with E-state index in [0.29, 0.717) is 0 Å². The zero-order chi connectivity index (χ0) is 30.5. The molecular weight excluding hydrogens is 557 g/mol. The molecule has 0 radical (unpaired) electrons. The number of hydrogen-bond acceptors (Lipinski definition) is 8. The van der Waals surface area contributed by atoms with Crippen LogP contribution < -0.4 is 16.4 Å². The number of carbonyl (C=O) groups is 4. The molecule has 1 saturated heterocycles. The predicted molar refractivity (Wildman–Crippen MR) is 149 cm³/mol. The second kappa shape index (κ2) is 13.0. The Labute approximate surface area is 237 Å². The summed E-state index contributed by atoms with van der Waals surface area (Å²) >= 11 is 0. The summed E-state index contributed by atoms with van der Waals surface area (Å²) in [6.07, 6.45) is 0.181. The number of urea groups is 1. The molecule has 41 heavy (non-hydrogen) atoms. The van der Waals surface area contributed by atoms with Crippen molar-refractivity contribution in [2.45, 2.75) is 31.2 Å². The molecule has 2 atom stereocenters. The number of sulfone groups is 1. The highest BCUT2D eigenvalue weighted by Crippen LogP contribution is 2.42. The fourth-order valence-electron chi connectivity index (χ4n) is 4.57. The van der Waals surface area contributed by atoms with Crippen LogP contribution in [0.4, 0.5) is 20.6 Å². The van der Waals surface area contributed by atoms with Crippen molar-refractivity contribution in [2.75, 3.05) is 50.2 Å². The van der Waals surface area contributed by atoms with Crippen LogP contribution in [0.1, 0.15) is 42.2 Å². The van der Waals surface area contributed by atoms with Crippen molar-refractivity contribution in [3.63, 3.8) is 0 Å². The molecule has 0 spiro atoms. The second-order valence-corrected chi connectivity index (χ2v) is 11.8. The van der Waals surface area contributed by atoms with E-state index in [1.54, 1.807) is 6.92 Å². The summed E-state index contributed by atoms with van der Waals surface area (Å²) in [5, 5.41) is 5.32. The third-order valence-corrected chi connectivity index (χ3v) is 8.49. The molecular formula is C27H34FN5O7S. The number of esters is 1. The molecule has 0 aromatic heterocycles. The van der Waals surface area contributed by atoms with Gasteiger partial charge in [0.05, 0.1) is 41.4 Å². The molecule has 0 saturated carbocycles. The Hall–Kier alpha value is -4.20. The number of carbonyl (C=O) groups excluding carboxylic acids is 4. The molecule has 2 aromatic carbocycles. The fraction of sp³-hybridized carbons (Fsp3) is 0.407. The van der Waals surface area contributed by atoms with Gasteiger partial charge in [0, 0.05) is 31.9 Å². The van der Waals surface area contributed by atoms with Crippen LogP contribution in [-0.4, -0.2) is 81.6 Å². The lowest BCUT2D eigenvalue weighted by atomic mass is 9.93. The summed E-state index contributed by atoms with van der Waals surface area (Å²) in [4.78, 5) is 52.9. The number of hydrogen-bond donors (Lipinski definition) is 3. The van der Waals surface area contributed by atoms with Crippen LogP contribution in [0.3, 0.4) is 0 Å². The summed E-state index contributed by atoms with van der Waals surface area (Å²) in [6.45, 7) is 2.83. The lowest BCUT2D eigenvalue weighted by Crippen LogP contribution is -2.38. The normalized spacial score (nSPS) is 16.7. The van der Waals surface area contributed by atoms with Crippen molar-refractivity contribution in [3.05, 3.63) is 53.3 Å². The SMILES string of the molecule is CCOC(=O)[C@H]1CCN(C(=O)CNc2cc(C(N)=O)ccc2F)[C@H]1c1cc(NC(=O)N(C)C)ccc1S(=O)(=O)CC. The van der Waals surface area contributed by atoms with E-state index in [2.05, 4.69) is 10.6 Å². The number of amides is 4. The Morgan fingerprint density at radius 3 is 2.44 bits per heavy atom. The lowest BCUT2D eigenvalue weighted by molar-refractivity contribution is -0.149.